The van der Waals surface area contributed by atoms with E-state index >= 15 is 0 Å². The van der Waals surface area contributed by atoms with Gasteiger partial charge in [-0.15, -0.1) is 0 Å². The summed E-state index contributed by atoms with van der Waals surface area (Å²) in [6, 6.07) is 7.58. The number of hydrogen-bond acceptors (Lipinski definition) is 4. The summed E-state index contributed by atoms with van der Waals surface area (Å²) in [4.78, 5) is 23.3. The molecule has 0 aliphatic carbocycles. The summed E-state index contributed by atoms with van der Waals surface area (Å²) in [5.74, 6) is -0.197. The lowest BCUT2D eigenvalue weighted by Gasteiger charge is -2.06. The van der Waals surface area contributed by atoms with Gasteiger partial charge in [-0.2, -0.15) is 0 Å². The molecule has 0 atom stereocenters. The summed E-state index contributed by atoms with van der Waals surface area (Å²) >= 11 is 5.84. The molecule has 158 valence electrons. The first-order valence-electron chi connectivity index (χ1n) is 10.7. The third-order valence-electron chi connectivity index (χ3n) is 4.59. The maximum Gasteiger partial charge on any atom is 0.305 e. The van der Waals surface area contributed by atoms with E-state index in [-0.39, 0.29) is 11.9 Å². The minimum Gasteiger partial charge on any atom is -0.466 e. The number of rotatable bonds is 16. The number of hydrogen-bond donors (Lipinski definition) is 0. The molecule has 0 fully saturated rings. The van der Waals surface area contributed by atoms with E-state index in [2.05, 4.69) is 6.92 Å². The van der Waals surface area contributed by atoms with E-state index in [0.29, 0.717) is 37.5 Å². The van der Waals surface area contributed by atoms with Gasteiger partial charge in [-0.25, -0.2) is 0 Å². The van der Waals surface area contributed by atoms with E-state index in [9.17, 15) is 9.59 Å². The zero-order valence-electron chi connectivity index (χ0n) is 17.2. The third kappa shape index (κ3) is 13.6. The van der Waals surface area contributed by atoms with E-state index in [4.69, 9.17) is 21.1 Å². The lowest BCUT2D eigenvalue weighted by molar-refractivity contribution is -0.144. The molecule has 0 radical (unpaired) electrons. The molecule has 0 aromatic heterocycles. The van der Waals surface area contributed by atoms with Crippen molar-refractivity contribution in [3.05, 3.63) is 34.9 Å². The van der Waals surface area contributed by atoms with Crippen LogP contribution in [0.15, 0.2) is 24.3 Å². The van der Waals surface area contributed by atoms with Gasteiger partial charge in [-0.05, 0) is 37.0 Å². The van der Waals surface area contributed by atoms with E-state index in [1.807, 2.05) is 24.3 Å². The Kier molecular flexibility index (Phi) is 14.4. The van der Waals surface area contributed by atoms with E-state index in [1.54, 1.807) is 0 Å². The van der Waals surface area contributed by atoms with Crippen LogP contribution in [-0.2, 0) is 25.5 Å². The van der Waals surface area contributed by atoms with Crippen LogP contribution < -0.4 is 0 Å². The van der Waals surface area contributed by atoms with Gasteiger partial charge in [0, 0.05) is 24.3 Å². The van der Waals surface area contributed by atoms with Gasteiger partial charge < -0.3 is 9.47 Å². The molecule has 0 unspecified atom stereocenters. The van der Waals surface area contributed by atoms with Crippen LogP contribution in [0.3, 0.4) is 0 Å². The molecule has 0 spiro atoms. The van der Waals surface area contributed by atoms with Gasteiger partial charge in [-0.3, -0.25) is 9.59 Å². The van der Waals surface area contributed by atoms with Gasteiger partial charge in [0.1, 0.15) is 0 Å². The van der Waals surface area contributed by atoms with Crippen molar-refractivity contribution in [2.24, 2.45) is 0 Å². The standard InChI is InChI=1S/C23H35ClO4/c1-2-3-10-18-27-22(25)11-8-6-4-5-7-9-12-23(26)28-19-17-20-13-15-21(24)16-14-20/h13-16H,2-12,17-19H2,1H3. The van der Waals surface area contributed by atoms with Gasteiger partial charge in [0.05, 0.1) is 13.2 Å². The van der Waals surface area contributed by atoms with Crippen LogP contribution in [0, 0.1) is 0 Å². The van der Waals surface area contributed by atoms with Crippen LogP contribution in [0.2, 0.25) is 5.02 Å². The number of halogens is 1. The highest BCUT2D eigenvalue weighted by atomic mass is 35.5. The van der Waals surface area contributed by atoms with Crippen molar-refractivity contribution < 1.29 is 19.1 Å². The molecule has 0 aliphatic rings. The Morgan fingerprint density at radius 3 is 1.86 bits per heavy atom. The normalized spacial score (nSPS) is 10.6. The average Bonchev–Trinajstić information content (AvgIpc) is 2.69. The first kappa shape index (κ1) is 24.5. The van der Waals surface area contributed by atoms with Crippen molar-refractivity contribution in [1.82, 2.24) is 0 Å². The highest BCUT2D eigenvalue weighted by molar-refractivity contribution is 6.30. The van der Waals surface area contributed by atoms with Crippen molar-refractivity contribution in [2.45, 2.75) is 84.0 Å². The molecular formula is C23H35ClO4. The van der Waals surface area contributed by atoms with Gasteiger partial charge in [-0.1, -0.05) is 69.2 Å². The monoisotopic (exact) mass is 410 g/mol. The Hall–Kier alpha value is -1.55. The molecule has 28 heavy (non-hydrogen) atoms. The van der Waals surface area contributed by atoms with Gasteiger partial charge in [0.25, 0.3) is 0 Å². The average molecular weight is 411 g/mol. The Balaban J connectivity index is 1.88. The fraction of sp³-hybridized carbons (Fsp3) is 0.652. The predicted octanol–water partition coefficient (Wildman–Crippen LogP) is 6.28. The second-order valence-electron chi connectivity index (χ2n) is 7.15. The van der Waals surface area contributed by atoms with Crippen LogP contribution >= 0.6 is 11.6 Å². The van der Waals surface area contributed by atoms with Crippen molar-refractivity contribution in [2.75, 3.05) is 13.2 Å². The van der Waals surface area contributed by atoms with Crippen LogP contribution in [0.5, 0.6) is 0 Å². The van der Waals surface area contributed by atoms with Crippen molar-refractivity contribution in [1.29, 1.82) is 0 Å². The summed E-state index contributed by atoms with van der Waals surface area (Å²) < 4.78 is 10.5. The zero-order chi connectivity index (χ0) is 20.5. The van der Waals surface area contributed by atoms with Crippen molar-refractivity contribution in [3.8, 4) is 0 Å². The predicted molar refractivity (Wildman–Crippen MR) is 114 cm³/mol. The molecule has 1 rings (SSSR count). The number of ether oxygens (including phenoxy) is 2. The minimum atomic E-state index is -0.125. The van der Waals surface area contributed by atoms with Gasteiger partial charge in [0.15, 0.2) is 0 Å². The van der Waals surface area contributed by atoms with Crippen LogP contribution in [-0.4, -0.2) is 25.2 Å². The molecule has 4 nitrogen and oxygen atoms in total. The number of carbonyl (C=O) groups excluding carboxylic acids is 2. The molecule has 0 bridgehead atoms. The quantitative estimate of drug-likeness (QED) is 0.237. The number of unbranched alkanes of at least 4 members (excludes halogenated alkanes) is 7. The smallest absolute Gasteiger partial charge is 0.305 e. The summed E-state index contributed by atoms with van der Waals surface area (Å²) in [5.41, 5.74) is 1.11. The highest BCUT2D eigenvalue weighted by Crippen LogP contribution is 2.11. The Morgan fingerprint density at radius 2 is 1.29 bits per heavy atom. The zero-order valence-corrected chi connectivity index (χ0v) is 18.0. The minimum absolute atomic E-state index is 0.0718. The second kappa shape index (κ2) is 16.4. The molecule has 1 aromatic rings. The molecular weight excluding hydrogens is 376 g/mol. The summed E-state index contributed by atoms with van der Waals surface area (Å²) in [7, 11) is 0. The molecule has 0 amide bonds. The summed E-state index contributed by atoms with van der Waals surface area (Å²) in [6.07, 6.45) is 10.9. The molecule has 0 heterocycles. The largest absolute Gasteiger partial charge is 0.466 e. The van der Waals surface area contributed by atoms with E-state index in [1.165, 1.54) is 0 Å². The van der Waals surface area contributed by atoms with Crippen molar-refractivity contribution >= 4 is 23.5 Å². The van der Waals surface area contributed by atoms with Crippen LogP contribution in [0.4, 0.5) is 0 Å². The second-order valence-corrected chi connectivity index (χ2v) is 7.58. The van der Waals surface area contributed by atoms with E-state index < -0.39 is 0 Å². The number of esters is 2. The molecule has 0 saturated heterocycles. The lowest BCUT2D eigenvalue weighted by Crippen LogP contribution is -2.07. The van der Waals surface area contributed by atoms with Gasteiger partial charge >= 0.3 is 11.9 Å². The Bertz CT molecular complexity index is 542. The number of benzene rings is 1. The summed E-state index contributed by atoms with van der Waals surface area (Å²) in [5, 5.41) is 0.711. The van der Waals surface area contributed by atoms with Crippen molar-refractivity contribution in [3.63, 3.8) is 0 Å². The maximum absolute atomic E-state index is 11.7. The molecule has 0 N–H and O–H groups in total. The lowest BCUT2D eigenvalue weighted by atomic mass is 10.1. The summed E-state index contributed by atoms with van der Waals surface area (Å²) in [6.45, 7) is 3.10. The topological polar surface area (TPSA) is 52.6 Å². The van der Waals surface area contributed by atoms with Crippen LogP contribution in [0.25, 0.3) is 0 Å². The molecule has 5 heteroatoms. The third-order valence-corrected chi connectivity index (χ3v) is 4.84. The molecule has 0 aliphatic heterocycles. The maximum atomic E-state index is 11.7. The Morgan fingerprint density at radius 1 is 0.750 bits per heavy atom. The van der Waals surface area contributed by atoms with E-state index in [0.717, 1.165) is 63.4 Å². The molecule has 1 aromatic carbocycles. The molecule has 0 saturated carbocycles. The first-order valence-corrected chi connectivity index (χ1v) is 11.0. The Labute approximate surface area is 174 Å². The van der Waals surface area contributed by atoms with Crippen LogP contribution in [0.1, 0.15) is 83.1 Å². The highest BCUT2D eigenvalue weighted by Gasteiger charge is 2.04. The van der Waals surface area contributed by atoms with Gasteiger partial charge in [0.2, 0.25) is 0 Å². The first-order chi connectivity index (χ1) is 13.6. The fourth-order valence-electron chi connectivity index (χ4n) is 2.86. The SMILES string of the molecule is CCCCCOC(=O)CCCCCCCCC(=O)OCCc1ccc(Cl)cc1. The fourth-order valence-corrected chi connectivity index (χ4v) is 2.99. The number of carbonyl (C=O) groups is 2.